The summed E-state index contributed by atoms with van der Waals surface area (Å²) in [5.41, 5.74) is -0.864. The molecule has 2 aliphatic heterocycles. The quantitative estimate of drug-likeness (QED) is 0.291. The zero-order valence-corrected chi connectivity index (χ0v) is 21.8. The van der Waals surface area contributed by atoms with Gasteiger partial charge in [0.1, 0.15) is 5.82 Å². The van der Waals surface area contributed by atoms with E-state index in [9.17, 15) is 41.8 Å². The number of nitrogens with one attached hydrogen (secondary N) is 2. The van der Waals surface area contributed by atoms with Crippen LogP contribution in [0.2, 0.25) is 0 Å². The van der Waals surface area contributed by atoms with Gasteiger partial charge in [-0.25, -0.2) is 4.98 Å². The number of anilines is 3. The van der Waals surface area contributed by atoms with E-state index in [0.717, 1.165) is 30.5 Å². The molecule has 1 aromatic carbocycles. The van der Waals surface area contributed by atoms with Crippen LogP contribution in [0.4, 0.5) is 43.7 Å². The molecule has 1 unspecified atom stereocenters. The van der Waals surface area contributed by atoms with E-state index in [2.05, 4.69) is 26.8 Å². The monoisotopic (exact) mass is 593 g/mol. The minimum Gasteiger partial charge on any atom is -0.379 e. The second-order valence-corrected chi connectivity index (χ2v) is 10.1. The van der Waals surface area contributed by atoms with Crippen molar-refractivity contribution in [2.45, 2.75) is 49.5 Å². The number of hydrogen-bond donors (Lipinski definition) is 4. The molecule has 2 aromatic heterocycles. The molecule has 2 aliphatic rings. The number of piperidine rings is 1. The van der Waals surface area contributed by atoms with Crippen molar-refractivity contribution >= 4 is 23.4 Å². The lowest BCUT2D eigenvalue weighted by Gasteiger charge is -2.42. The molecule has 0 saturated carbocycles. The Kier molecular flexibility index (Phi) is 7.54. The molecule has 2 atom stereocenters. The molecule has 0 spiro atoms. The number of nitriles is 1. The molecule has 4 heterocycles. The summed E-state index contributed by atoms with van der Waals surface area (Å²) in [6.45, 7) is 0.557. The minimum absolute atomic E-state index is 0.0197. The highest BCUT2D eigenvalue weighted by molar-refractivity contribution is 5.67. The lowest BCUT2D eigenvalue weighted by atomic mass is 9.84. The Bertz CT molecular complexity index is 1500. The maximum atomic E-state index is 13.2. The SMILES string of the molecule is N#CCC1(n2nc(Nc3ccc([C@H](O)C(F)(F)F)cc3)c3c2C=CNC3O)CCN(c2cc(C(F)(F)F)ccn2)CC1. The van der Waals surface area contributed by atoms with Crippen molar-refractivity contribution in [1.29, 1.82) is 5.26 Å². The molecule has 0 radical (unpaired) electrons. The van der Waals surface area contributed by atoms with Crippen LogP contribution in [0, 0.1) is 11.3 Å². The summed E-state index contributed by atoms with van der Waals surface area (Å²) in [6.07, 6.45) is -8.21. The number of pyridine rings is 1. The molecule has 15 heteroatoms. The molecule has 0 bridgehead atoms. The molecule has 1 saturated heterocycles. The lowest BCUT2D eigenvalue weighted by molar-refractivity contribution is -0.206. The number of aliphatic hydroxyl groups excluding tert-OH is 2. The first-order valence-corrected chi connectivity index (χ1v) is 12.8. The number of aliphatic hydroxyl groups is 2. The third-order valence-electron chi connectivity index (χ3n) is 7.48. The van der Waals surface area contributed by atoms with Gasteiger partial charge in [0.15, 0.2) is 18.1 Å². The molecule has 1 fully saturated rings. The Labute approximate surface area is 235 Å². The average molecular weight is 594 g/mol. The topological polar surface area (TPSA) is 122 Å². The maximum absolute atomic E-state index is 13.2. The Hall–Kier alpha value is -4.29. The number of benzene rings is 1. The van der Waals surface area contributed by atoms with E-state index in [0.29, 0.717) is 29.8 Å². The van der Waals surface area contributed by atoms with Gasteiger partial charge in [0.2, 0.25) is 0 Å². The minimum atomic E-state index is -4.82. The summed E-state index contributed by atoms with van der Waals surface area (Å²) in [5.74, 6) is 0.358. The summed E-state index contributed by atoms with van der Waals surface area (Å²) < 4.78 is 80.0. The maximum Gasteiger partial charge on any atom is 0.418 e. The molecule has 4 N–H and O–H groups in total. The van der Waals surface area contributed by atoms with Crippen LogP contribution >= 0.6 is 0 Å². The Balaban J connectivity index is 1.44. The zero-order valence-electron chi connectivity index (χ0n) is 21.8. The Morgan fingerprint density at radius 2 is 1.81 bits per heavy atom. The van der Waals surface area contributed by atoms with Gasteiger partial charge in [-0.15, -0.1) is 0 Å². The van der Waals surface area contributed by atoms with Crippen LogP contribution in [0.15, 0.2) is 48.8 Å². The number of hydrogen-bond acceptors (Lipinski definition) is 8. The standard InChI is InChI=1S/C27H25F6N7O2/c28-26(29,30)17-5-11-35-20(15-17)39-13-8-25(7-10-34,9-14-39)40-19-6-12-36-24(42)21(19)23(38-40)37-18-3-1-16(2-4-18)22(41)27(31,32)33/h1-6,11-12,15,22,24,36,41-42H,7-9,13-14H2,(H,37,38)/t22-,24?/m0/s1. The van der Waals surface area contributed by atoms with Gasteiger partial charge in [-0.05, 0) is 48.7 Å². The number of aromatic nitrogens is 3. The molecule has 0 aliphatic carbocycles. The lowest BCUT2D eigenvalue weighted by Crippen LogP contribution is -2.47. The first kappa shape index (κ1) is 29.2. The highest BCUT2D eigenvalue weighted by Gasteiger charge is 2.42. The van der Waals surface area contributed by atoms with Crippen LogP contribution in [0.3, 0.4) is 0 Å². The van der Waals surface area contributed by atoms with Crippen molar-refractivity contribution in [3.8, 4) is 6.07 Å². The second-order valence-electron chi connectivity index (χ2n) is 10.1. The Morgan fingerprint density at radius 1 is 1.12 bits per heavy atom. The van der Waals surface area contributed by atoms with Gasteiger partial charge in [-0.1, -0.05) is 12.1 Å². The third kappa shape index (κ3) is 5.59. The van der Waals surface area contributed by atoms with Gasteiger partial charge in [0.05, 0.1) is 34.8 Å². The molecule has 42 heavy (non-hydrogen) atoms. The summed E-state index contributed by atoms with van der Waals surface area (Å²) in [4.78, 5) is 5.81. The predicted octanol–water partition coefficient (Wildman–Crippen LogP) is 5.11. The summed E-state index contributed by atoms with van der Waals surface area (Å²) >= 11 is 0. The van der Waals surface area contributed by atoms with Crippen molar-refractivity contribution < 1.29 is 36.6 Å². The van der Waals surface area contributed by atoms with E-state index in [1.807, 2.05) is 0 Å². The van der Waals surface area contributed by atoms with Crippen LogP contribution in [0.5, 0.6) is 0 Å². The number of nitrogens with zero attached hydrogens (tertiary/aromatic N) is 5. The normalized spacial score (nSPS) is 19.0. The molecule has 3 aromatic rings. The average Bonchev–Trinajstić information content (AvgIpc) is 3.33. The molecular weight excluding hydrogens is 568 g/mol. The first-order valence-electron chi connectivity index (χ1n) is 12.8. The zero-order chi connectivity index (χ0) is 30.3. The van der Waals surface area contributed by atoms with E-state index in [-0.39, 0.29) is 36.7 Å². The van der Waals surface area contributed by atoms with Gasteiger partial charge in [-0.3, -0.25) is 4.68 Å². The van der Waals surface area contributed by atoms with Gasteiger partial charge in [0.25, 0.3) is 0 Å². The van der Waals surface area contributed by atoms with Gasteiger partial charge in [-0.2, -0.15) is 36.7 Å². The van der Waals surface area contributed by atoms with Gasteiger partial charge in [0, 0.05) is 31.2 Å². The van der Waals surface area contributed by atoms with Crippen LogP contribution in [-0.2, 0) is 11.7 Å². The fourth-order valence-electron chi connectivity index (χ4n) is 5.23. The van der Waals surface area contributed by atoms with E-state index in [1.54, 1.807) is 15.7 Å². The smallest absolute Gasteiger partial charge is 0.379 e. The van der Waals surface area contributed by atoms with Crippen LogP contribution in [-0.4, -0.2) is 44.2 Å². The first-order chi connectivity index (χ1) is 19.8. The number of rotatable bonds is 6. The van der Waals surface area contributed by atoms with Gasteiger partial charge >= 0.3 is 12.4 Å². The van der Waals surface area contributed by atoms with Crippen molar-refractivity contribution in [2.24, 2.45) is 0 Å². The van der Waals surface area contributed by atoms with Crippen LogP contribution in [0.1, 0.15) is 54.0 Å². The largest absolute Gasteiger partial charge is 0.418 e. The molecule has 0 amide bonds. The molecule has 5 rings (SSSR count). The fraction of sp³-hybridized carbons (Fsp3) is 0.370. The summed E-state index contributed by atoms with van der Waals surface area (Å²) in [6, 6.07) is 8.97. The Morgan fingerprint density at radius 3 is 2.43 bits per heavy atom. The third-order valence-corrected chi connectivity index (χ3v) is 7.48. The van der Waals surface area contributed by atoms with E-state index in [4.69, 9.17) is 0 Å². The summed E-state index contributed by atoms with van der Waals surface area (Å²) in [5, 5.41) is 40.4. The highest BCUT2D eigenvalue weighted by atomic mass is 19.4. The van der Waals surface area contributed by atoms with Crippen LogP contribution < -0.4 is 15.5 Å². The number of alkyl halides is 6. The highest BCUT2D eigenvalue weighted by Crippen LogP contribution is 2.41. The molecule has 9 nitrogen and oxygen atoms in total. The molecular formula is C27H25F6N7O2. The van der Waals surface area contributed by atoms with Crippen molar-refractivity contribution in [3.63, 3.8) is 0 Å². The number of fused-ring (bicyclic) bond motifs is 1. The summed E-state index contributed by atoms with van der Waals surface area (Å²) in [7, 11) is 0. The second kappa shape index (κ2) is 10.8. The van der Waals surface area contributed by atoms with Crippen molar-refractivity contribution in [2.75, 3.05) is 23.3 Å². The van der Waals surface area contributed by atoms with Gasteiger partial charge < -0.3 is 25.7 Å². The molecule has 222 valence electrons. The van der Waals surface area contributed by atoms with E-state index < -0.39 is 35.8 Å². The number of halogens is 6. The van der Waals surface area contributed by atoms with E-state index in [1.165, 1.54) is 18.3 Å². The van der Waals surface area contributed by atoms with Crippen LogP contribution in [0.25, 0.3) is 6.08 Å². The predicted molar refractivity (Wildman–Crippen MR) is 139 cm³/mol. The van der Waals surface area contributed by atoms with Crippen molar-refractivity contribution in [3.05, 3.63) is 71.2 Å². The van der Waals surface area contributed by atoms with E-state index >= 15 is 0 Å². The van der Waals surface area contributed by atoms with Crippen molar-refractivity contribution in [1.82, 2.24) is 20.1 Å². The fourth-order valence-corrected chi connectivity index (χ4v) is 5.23.